The Bertz CT molecular complexity index is 905. The predicted molar refractivity (Wildman–Crippen MR) is 111 cm³/mol. The normalized spacial score (nSPS) is 14.9. The van der Waals surface area contributed by atoms with Gasteiger partial charge in [-0.25, -0.2) is 13.1 Å². The van der Waals surface area contributed by atoms with Gasteiger partial charge in [0.05, 0.1) is 12.0 Å². The molecule has 0 bridgehead atoms. The van der Waals surface area contributed by atoms with Gasteiger partial charge in [0, 0.05) is 11.7 Å². The Morgan fingerprint density at radius 1 is 0.966 bits per heavy atom. The van der Waals surface area contributed by atoms with Crippen LogP contribution in [0.1, 0.15) is 32.1 Å². The van der Waals surface area contributed by atoms with Gasteiger partial charge in [-0.1, -0.05) is 19.3 Å². The molecule has 0 heterocycles. The van der Waals surface area contributed by atoms with E-state index >= 15 is 0 Å². The Labute approximate surface area is 171 Å². The zero-order chi connectivity index (χ0) is 20.7. The Kier molecular flexibility index (Phi) is 7.11. The van der Waals surface area contributed by atoms with Crippen LogP contribution in [-0.2, 0) is 14.8 Å². The number of ether oxygens (including phenoxy) is 2. The maximum absolute atomic E-state index is 12.5. The molecule has 1 saturated carbocycles. The fourth-order valence-corrected chi connectivity index (χ4v) is 4.55. The van der Waals surface area contributed by atoms with Gasteiger partial charge in [-0.3, -0.25) is 4.79 Å². The molecule has 29 heavy (non-hydrogen) atoms. The molecule has 3 rings (SSSR count). The van der Waals surface area contributed by atoms with Crippen LogP contribution in [0, 0.1) is 0 Å². The van der Waals surface area contributed by atoms with Crippen LogP contribution in [0.2, 0.25) is 0 Å². The van der Waals surface area contributed by atoms with E-state index < -0.39 is 10.0 Å². The van der Waals surface area contributed by atoms with Gasteiger partial charge in [0.15, 0.2) is 6.61 Å². The zero-order valence-electron chi connectivity index (χ0n) is 16.4. The summed E-state index contributed by atoms with van der Waals surface area (Å²) in [5, 5.41) is 2.72. The fraction of sp³-hybridized carbons (Fsp3) is 0.381. The molecule has 1 amide bonds. The highest BCUT2D eigenvalue weighted by Crippen LogP contribution is 2.21. The quantitative estimate of drug-likeness (QED) is 0.686. The standard InChI is InChI=1S/C21H26N2O5S/c1-27-18-9-7-16(8-10-18)22-21(24)15-28-19-11-13-20(14-12-19)29(25,26)23-17-5-3-2-4-6-17/h7-14,17,23H,2-6,15H2,1H3,(H,22,24). The minimum absolute atomic E-state index is 0.00586. The van der Waals surface area contributed by atoms with Crippen molar-refractivity contribution in [3.05, 3.63) is 48.5 Å². The highest BCUT2D eigenvalue weighted by molar-refractivity contribution is 7.89. The molecule has 8 heteroatoms. The van der Waals surface area contributed by atoms with Crippen LogP contribution in [0.4, 0.5) is 5.69 Å². The monoisotopic (exact) mass is 418 g/mol. The van der Waals surface area contributed by atoms with E-state index in [1.807, 2.05) is 0 Å². The first-order chi connectivity index (χ1) is 14.0. The zero-order valence-corrected chi connectivity index (χ0v) is 17.2. The third-order valence-corrected chi connectivity index (χ3v) is 6.34. The first kappa shape index (κ1) is 21.1. The van der Waals surface area contributed by atoms with Crippen LogP contribution in [0.3, 0.4) is 0 Å². The molecule has 2 aromatic rings. The summed E-state index contributed by atoms with van der Waals surface area (Å²) in [5.74, 6) is 0.810. The van der Waals surface area contributed by atoms with Crippen LogP contribution in [0.5, 0.6) is 11.5 Å². The predicted octanol–water partition coefficient (Wildman–Crippen LogP) is 3.32. The molecule has 1 aliphatic rings. The lowest BCUT2D eigenvalue weighted by Gasteiger charge is -2.22. The van der Waals surface area contributed by atoms with Crippen molar-refractivity contribution in [1.82, 2.24) is 4.72 Å². The van der Waals surface area contributed by atoms with Gasteiger partial charge in [0.2, 0.25) is 10.0 Å². The van der Waals surface area contributed by atoms with Gasteiger partial charge in [-0.15, -0.1) is 0 Å². The van der Waals surface area contributed by atoms with Crippen LogP contribution >= 0.6 is 0 Å². The number of methoxy groups -OCH3 is 1. The minimum atomic E-state index is -3.55. The molecule has 0 aromatic heterocycles. The third-order valence-electron chi connectivity index (χ3n) is 4.80. The van der Waals surface area contributed by atoms with Crippen molar-refractivity contribution in [2.24, 2.45) is 0 Å². The number of hydrogen-bond donors (Lipinski definition) is 2. The molecule has 0 aliphatic heterocycles. The number of nitrogens with one attached hydrogen (secondary N) is 2. The fourth-order valence-electron chi connectivity index (χ4n) is 3.24. The lowest BCUT2D eigenvalue weighted by atomic mass is 9.96. The van der Waals surface area contributed by atoms with Crippen molar-refractivity contribution in [3.8, 4) is 11.5 Å². The first-order valence-corrected chi connectivity index (χ1v) is 11.1. The average molecular weight is 419 g/mol. The van der Waals surface area contributed by atoms with Gasteiger partial charge in [0.25, 0.3) is 5.91 Å². The maximum atomic E-state index is 12.5. The van der Waals surface area contributed by atoms with Crippen molar-refractivity contribution >= 4 is 21.6 Å². The van der Waals surface area contributed by atoms with Crippen molar-refractivity contribution < 1.29 is 22.7 Å². The summed E-state index contributed by atoms with van der Waals surface area (Å²) < 4.78 is 38.3. The molecular weight excluding hydrogens is 392 g/mol. The summed E-state index contributed by atoms with van der Waals surface area (Å²) in [6, 6.07) is 13.0. The number of anilines is 1. The summed E-state index contributed by atoms with van der Waals surface area (Å²) in [6.45, 7) is -0.182. The van der Waals surface area contributed by atoms with Crippen LogP contribution in [0.15, 0.2) is 53.4 Å². The Balaban J connectivity index is 1.51. The van der Waals surface area contributed by atoms with Gasteiger partial charge in [-0.05, 0) is 61.4 Å². The first-order valence-electron chi connectivity index (χ1n) is 9.65. The summed E-state index contributed by atoms with van der Waals surface area (Å²) >= 11 is 0. The van der Waals surface area contributed by atoms with Gasteiger partial charge >= 0.3 is 0 Å². The second-order valence-electron chi connectivity index (χ2n) is 6.99. The van der Waals surface area contributed by atoms with E-state index in [1.54, 1.807) is 43.5 Å². The van der Waals surface area contributed by atoms with Crippen molar-refractivity contribution in [2.75, 3.05) is 19.0 Å². The molecule has 156 valence electrons. The van der Waals surface area contributed by atoms with Gasteiger partial charge < -0.3 is 14.8 Å². The summed E-state index contributed by atoms with van der Waals surface area (Å²) in [4.78, 5) is 12.2. The highest BCUT2D eigenvalue weighted by Gasteiger charge is 2.21. The van der Waals surface area contributed by atoms with E-state index in [0.717, 1.165) is 32.1 Å². The van der Waals surface area contributed by atoms with Gasteiger partial charge in [-0.2, -0.15) is 0 Å². The van der Waals surface area contributed by atoms with E-state index in [9.17, 15) is 13.2 Å². The number of benzene rings is 2. The highest BCUT2D eigenvalue weighted by atomic mass is 32.2. The van der Waals surface area contributed by atoms with Crippen LogP contribution in [0.25, 0.3) is 0 Å². The molecule has 0 radical (unpaired) electrons. The van der Waals surface area contributed by atoms with E-state index in [4.69, 9.17) is 9.47 Å². The number of rotatable bonds is 8. The molecule has 1 fully saturated rings. The molecule has 2 N–H and O–H groups in total. The second-order valence-corrected chi connectivity index (χ2v) is 8.71. The van der Waals surface area contributed by atoms with E-state index in [0.29, 0.717) is 17.2 Å². The summed E-state index contributed by atoms with van der Waals surface area (Å²) in [7, 11) is -1.98. The van der Waals surface area contributed by atoms with Crippen LogP contribution < -0.4 is 19.5 Å². The van der Waals surface area contributed by atoms with Crippen molar-refractivity contribution in [3.63, 3.8) is 0 Å². The largest absolute Gasteiger partial charge is 0.497 e. The van der Waals surface area contributed by atoms with E-state index in [-0.39, 0.29) is 23.5 Å². The smallest absolute Gasteiger partial charge is 0.262 e. The lowest BCUT2D eigenvalue weighted by molar-refractivity contribution is -0.118. The molecule has 2 aromatic carbocycles. The molecular formula is C21H26N2O5S. The second kappa shape index (κ2) is 9.76. The molecule has 0 spiro atoms. The van der Waals surface area contributed by atoms with Crippen LogP contribution in [-0.4, -0.2) is 34.1 Å². The third kappa shape index (κ3) is 6.20. The van der Waals surface area contributed by atoms with E-state index in [2.05, 4.69) is 10.0 Å². The molecule has 7 nitrogen and oxygen atoms in total. The molecule has 0 saturated heterocycles. The number of hydrogen-bond acceptors (Lipinski definition) is 5. The van der Waals surface area contributed by atoms with Crippen molar-refractivity contribution in [2.45, 2.75) is 43.0 Å². The molecule has 1 aliphatic carbocycles. The SMILES string of the molecule is COc1ccc(NC(=O)COc2ccc(S(=O)(=O)NC3CCCCC3)cc2)cc1. The number of sulfonamides is 1. The lowest BCUT2D eigenvalue weighted by Crippen LogP contribution is -2.36. The minimum Gasteiger partial charge on any atom is -0.497 e. The number of amides is 1. The topological polar surface area (TPSA) is 93.7 Å². The van der Waals surface area contributed by atoms with Gasteiger partial charge in [0.1, 0.15) is 11.5 Å². The van der Waals surface area contributed by atoms with Crippen molar-refractivity contribution in [1.29, 1.82) is 0 Å². The summed E-state index contributed by atoms with van der Waals surface area (Å²) in [5.41, 5.74) is 0.634. The molecule has 0 atom stereocenters. The average Bonchev–Trinajstić information content (AvgIpc) is 2.73. The summed E-state index contributed by atoms with van der Waals surface area (Å²) in [6.07, 6.45) is 5.03. The Hall–Kier alpha value is -2.58. The van der Waals surface area contributed by atoms with E-state index in [1.165, 1.54) is 12.1 Å². The molecule has 0 unspecified atom stereocenters. The Morgan fingerprint density at radius 3 is 2.21 bits per heavy atom. The Morgan fingerprint density at radius 2 is 1.59 bits per heavy atom. The number of carbonyl (C=O) groups excluding carboxylic acids is 1. The number of carbonyl (C=O) groups is 1. The maximum Gasteiger partial charge on any atom is 0.262 e.